The number of hydrogen-bond acceptors (Lipinski definition) is 4. The van der Waals surface area contributed by atoms with E-state index in [1.54, 1.807) is 22.3 Å². The van der Waals surface area contributed by atoms with Crippen LogP contribution in [0.5, 0.6) is 0 Å². The molecule has 114 valence electrons. The number of rotatable bonds is 4. The molecule has 0 unspecified atom stereocenters. The van der Waals surface area contributed by atoms with Gasteiger partial charge in [0.05, 0.1) is 6.54 Å². The van der Waals surface area contributed by atoms with Crippen LogP contribution in [0.2, 0.25) is 0 Å². The first kappa shape index (κ1) is 14.7. The van der Waals surface area contributed by atoms with E-state index in [0.29, 0.717) is 25.2 Å². The van der Waals surface area contributed by atoms with Gasteiger partial charge in [0.15, 0.2) is 0 Å². The van der Waals surface area contributed by atoms with Crippen molar-refractivity contribution in [3.8, 4) is 0 Å². The van der Waals surface area contributed by atoms with Crippen LogP contribution in [-0.2, 0) is 16.1 Å². The maximum Gasteiger partial charge on any atom is 0.248 e. The van der Waals surface area contributed by atoms with Crippen LogP contribution in [0.3, 0.4) is 0 Å². The van der Waals surface area contributed by atoms with Crippen LogP contribution in [-0.4, -0.2) is 27.7 Å². The topological polar surface area (TPSA) is 62.3 Å². The first-order valence-electron chi connectivity index (χ1n) is 7.20. The Morgan fingerprint density at radius 1 is 1.41 bits per heavy atom. The number of carbonyl (C=O) groups excluding carboxylic acids is 2. The average molecular weight is 315 g/mol. The summed E-state index contributed by atoms with van der Waals surface area (Å²) in [6.07, 6.45) is 0.979. The van der Waals surface area contributed by atoms with Gasteiger partial charge in [-0.2, -0.15) is 0 Å². The molecular weight excluding hydrogens is 298 g/mol. The monoisotopic (exact) mass is 315 g/mol. The van der Waals surface area contributed by atoms with Crippen molar-refractivity contribution >= 4 is 29.0 Å². The molecule has 0 aliphatic carbocycles. The molecule has 0 bridgehead atoms. The summed E-state index contributed by atoms with van der Waals surface area (Å²) >= 11 is 1.59. The van der Waals surface area contributed by atoms with Crippen LogP contribution in [0.25, 0.3) is 0 Å². The highest BCUT2D eigenvalue weighted by molar-refractivity contribution is 7.09. The number of nitrogens with zero attached hydrogens (tertiary/aromatic N) is 2. The van der Waals surface area contributed by atoms with Crippen LogP contribution in [0.15, 0.2) is 35.7 Å². The van der Waals surface area contributed by atoms with Crippen molar-refractivity contribution in [1.29, 1.82) is 0 Å². The molecule has 3 heterocycles. The van der Waals surface area contributed by atoms with E-state index in [4.69, 9.17) is 0 Å². The molecule has 1 aliphatic heterocycles. The fourth-order valence-electron chi connectivity index (χ4n) is 2.60. The van der Waals surface area contributed by atoms with Gasteiger partial charge in [-0.1, -0.05) is 12.1 Å². The Bertz CT molecular complexity index is 684. The Kier molecular flexibility index (Phi) is 4.20. The number of carbonyl (C=O) groups is 2. The van der Waals surface area contributed by atoms with Gasteiger partial charge in [-0.05, 0) is 36.9 Å². The van der Waals surface area contributed by atoms with Crippen LogP contribution in [0.1, 0.15) is 23.4 Å². The number of hydrogen-bond donors (Lipinski definition) is 1. The molecule has 1 N–H and O–H groups in total. The van der Waals surface area contributed by atoms with E-state index in [1.807, 2.05) is 36.6 Å². The SMILES string of the molecule is Cc1cccc(NC(=O)[C@@H]2CCC(=O)N2Cc2cccs2)n1. The van der Waals surface area contributed by atoms with Gasteiger partial charge >= 0.3 is 0 Å². The summed E-state index contributed by atoms with van der Waals surface area (Å²) < 4.78 is 0. The van der Waals surface area contributed by atoms with Crippen LogP contribution >= 0.6 is 11.3 Å². The van der Waals surface area contributed by atoms with Gasteiger partial charge in [-0.15, -0.1) is 11.3 Å². The Balaban J connectivity index is 1.71. The molecular formula is C16H17N3O2S. The van der Waals surface area contributed by atoms with Gasteiger partial charge in [-0.3, -0.25) is 9.59 Å². The van der Waals surface area contributed by atoms with Crippen molar-refractivity contribution in [2.45, 2.75) is 32.4 Å². The minimum Gasteiger partial charge on any atom is -0.325 e. The Morgan fingerprint density at radius 2 is 2.27 bits per heavy atom. The maximum absolute atomic E-state index is 12.5. The molecule has 2 aromatic rings. The number of amides is 2. The molecule has 0 radical (unpaired) electrons. The summed E-state index contributed by atoms with van der Waals surface area (Å²) in [6.45, 7) is 2.37. The van der Waals surface area contributed by atoms with Crippen molar-refractivity contribution in [2.24, 2.45) is 0 Å². The number of anilines is 1. The standard InChI is InChI=1S/C16H17N3O2S/c1-11-4-2-6-14(17-11)18-16(21)13-7-8-15(20)19(13)10-12-5-3-9-22-12/h2-6,9,13H,7-8,10H2,1H3,(H,17,18,21)/t13-/m0/s1. The molecule has 1 atom stereocenters. The number of likely N-dealkylation sites (tertiary alicyclic amines) is 1. The molecule has 5 nitrogen and oxygen atoms in total. The number of nitrogens with one attached hydrogen (secondary N) is 1. The summed E-state index contributed by atoms with van der Waals surface area (Å²) in [6, 6.07) is 8.99. The number of aromatic nitrogens is 1. The lowest BCUT2D eigenvalue weighted by Crippen LogP contribution is -2.41. The quantitative estimate of drug-likeness (QED) is 0.943. The molecule has 22 heavy (non-hydrogen) atoms. The molecule has 1 saturated heterocycles. The molecule has 1 aliphatic rings. The molecule has 0 spiro atoms. The van der Waals surface area contributed by atoms with Crippen molar-refractivity contribution < 1.29 is 9.59 Å². The predicted octanol–water partition coefficient (Wildman–Crippen LogP) is 2.58. The second kappa shape index (κ2) is 6.27. The Morgan fingerprint density at radius 3 is 3.00 bits per heavy atom. The smallest absolute Gasteiger partial charge is 0.248 e. The number of aryl methyl sites for hydroxylation is 1. The zero-order chi connectivity index (χ0) is 15.5. The third-order valence-corrected chi connectivity index (χ3v) is 4.54. The van der Waals surface area contributed by atoms with E-state index >= 15 is 0 Å². The second-order valence-electron chi connectivity index (χ2n) is 5.31. The lowest BCUT2D eigenvalue weighted by molar-refractivity contribution is -0.133. The van der Waals surface area contributed by atoms with Gasteiger partial charge in [0, 0.05) is 17.0 Å². The molecule has 0 aromatic carbocycles. The maximum atomic E-state index is 12.5. The van der Waals surface area contributed by atoms with Crippen molar-refractivity contribution in [2.75, 3.05) is 5.32 Å². The largest absolute Gasteiger partial charge is 0.325 e. The van der Waals surface area contributed by atoms with Gasteiger partial charge in [0.25, 0.3) is 0 Å². The Hall–Kier alpha value is -2.21. The second-order valence-corrected chi connectivity index (χ2v) is 6.34. The summed E-state index contributed by atoms with van der Waals surface area (Å²) in [5.74, 6) is 0.395. The summed E-state index contributed by atoms with van der Waals surface area (Å²) in [5, 5.41) is 4.79. The van der Waals surface area contributed by atoms with Gasteiger partial charge in [0.2, 0.25) is 11.8 Å². The highest BCUT2D eigenvalue weighted by atomic mass is 32.1. The van der Waals surface area contributed by atoms with Crippen molar-refractivity contribution in [3.05, 3.63) is 46.3 Å². The van der Waals surface area contributed by atoms with Crippen LogP contribution < -0.4 is 5.32 Å². The molecule has 1 fully saturated rings. The van der Waals surface area contributed by atoms with E-state index in [2.05, 4.69) is 10.3 Å². The van der Waals surface area contributed by atoms with Gasteiger partial charge < -0.3 is 10.2 Å². The zero-order valence-electron chi connectivity index (χ0n) is 12.3. The fourth-order valence-corrected chi connectivity index (χ4v) is 3.30. The van der Waals surface area contributed by atoms with E-state index in [9.17, 15) is 9.59 Å². The third-order valence-electron chi connectivity index (χ3n) is 3.68. The summed E-state index contributed by atoms with van der Waals surface area (Å²) in [7, 11) is 0. The molecule has 0 saturated carbocycles. The Labute approximate surface area is 133 Å². The molecule has 3 rings (SSSR count). The molecule has 6 heteroatoms. The minimum atomic E-state index is -0.420. The first-order valence-corrected chi connectivity index (χ1v) is 8.08. The summed E-state index contributed by atoms with van der Waals surface area (Å²) in [5.41, 5.74) is 0.843. The average Bonchev–Trinajstić information content (AvgIpc) is 3.10. The number of thiophene rings is 1. The van der Waals surface area contributed by atoms with Gasteiger partial charge in [-0.25, -0.2) is 4.98 Å². The molecule has 2 amide bonds. The van der Waals surface area contributed by atoms with Gasteiger partial charge in [0.1, 0.15) is 11.9 Å². The summed E-state index contributed by atoms with van der Waals surface area (Å²) in [4.78, 5) is 31.5. The van der Waals surface area contributed by atoms with Crippen LogP contribution in [0.4, 0.5) is 5.82 Å². The lowest BCUT2D eigenvalue weighted by Gasteiger charge is -2.23. The highest BCUT2D eigenvalue weighted by Crippen LogP contribution is 2.24. The number of pyridine rings is 1. The van der Waals surface area contributed by atoms with Crippen molar-refractivity contribution in [3.63, 3.8) is 0 Å². The predicted molar refractivity (Wildman–Crippen MR) is 85.5 cm³/mol. The molecule has 2 aromatic heterocycles. The first-order chi connectivity index (χ1) is 10.6. The zero-order valence-corrected chi connectivity index (χ0v) is 13.1. The minimum absolute atomic E-state index is 0.0331. The van der Waals surface area contributed by atoms with E-state index in [-0.39, 0.29) is 11.8 Å². The van der Waals surface area contributed by atoms with Crippen LogP contribution in [0, 0.1) is 6.92 Å². The van der Waals surface area contributed by atoms with E-state index in [0.717, 1.165) is 10.6 Å². The fraction of sp³-hybridized carbons (Fsp3) is 0.312. The highest BCUT2D eigenvalue weighted by Gasteiger charge is 2.36. The van der Waals surface area contributed by atoms with E-state index in [1.165, 1.54) is 0 Å². The normalized spacial score (nSPS) is 17.8. The van der Waals surface area contributed by atoms with Crippen molar-refractivity contribution in [1.82, 2.24) is 9.88 Å². The third kappa shape index (κ3) is 3.17. The lowest BCUT2D eigenvalue weighted by atomic mass is 10.2. The van der Waals surface area contributed by atoms with E-state index < -0.39 is 6.04 Å².